The molecule has 1 aromatic rings. The van der Waals surface area contributed by atoms with E-state index < -0.39 is 5.54 Å². The first-order chi connectivity index (χ1) is 9.13. The zero-order valence-electron chi connectivity index (χ0n) is 11.1. The maximum atomic E-state index is 13.7. The van der Waals surface area contributed by atoms with E-state index in [1.807, 2.05) is 0 Å². The summed E-state index contributed by atoms with van der Waals surface area (Å²) in [6.45, 7) is 2.84. The minimum absolute atomic E-state index is 0.297. The van der Waals surface area contributed by atoms with Gasteiger partial charge in [0.05, 0.1) is 11.8 Å². The first-order valence-corrected chi connectivity index (χ1v) is 6.83. The number of halogens is 1. The highest BCUT2D eigenvalue weighted by Crippen LogP contribution is 2.38. The summed E-state index contributed by atoms with van der Waals surface area (Å²) in [6, 6.07) is 9.95. The summed E-state index contributed by atoms with van der Waals surface area (Å²) in [5, 5.41) is 12.7. The number of nitrogens with zero attached hydrogens (tertiary/aromatic N) is 2. The minimum Gasteiger partial charge on any atom is -0.364 e. The number of likely N-dealkylation sites (tertiary alicyclic amines) is 1. The second-order valence-corrected chi connectivity index (χ2v) is 5.76. The second-order valence-electron chi connectivity index (χ2n) is 5.76. The Morgan fingerprint density at radius 2 is 2.16 bits per heavy atom. The molecule has 1 saturated carbocycles. The fraction of sp³-hybridized carbons (Fsp3) is 0.533. The molecule has 0 amide bonds. The molecule has 2 atom stereocenters. The van der Waals surface area contributed by atoms with Crippen LogP contribution in [0.15, 0.2) is 24.3 Å². The maximum Gasteiger partial charge on any atom is 0.146 e. The summed E-state index contributed by atoms with van der Waals surface area (Å²) < 4.78 is 13.7. The van der Waals surface area contributed by atoms with Crippen molar-refractivity contribution in [3.63, 3.8) is 0 Å². The summed E-state index contributed by atoms with van der Waals surface area (Å²) in [7, 11) is 0. The van der Waals surface area contributed by atoms with Crippen molar-refractivity contribution in [2.75, 3.05) is 11.9 Å². The molecule has 0 radical (unpaired) electrons. The Kier molecular flexibility index (Phi) is 2.94. The van der Waals surface area contributed by atoms with E-state index in [9.17, 15) is 9.65 Å². The van der Waals surface area contributed by atoms with Crippen molar-refractivity contribution < 1.29 is 4.39 Å². The number of anilines is 1. The molecule has 1 saturated heterocycles. The van der Waals surface area contributed by atoms with Crippen LogP contribution in [-0.4, -0.2) is 29.1 Å². The number of nitriles is 1. The van der Waals surface area contributed by atoms with E-state index in [4.69, 9.17) is 0 Å². The van der Waals surface area contributed by atoms with Gasteiger partial charge < -0.3 is 5.32 Å². The van der Waals surface area contributed by atoms with Crippen molar-refractivity contribution in [1.29, 1.82) is 5.26 Å². The largest absolute Gasteiger partial charge is 0.364 e. The van der Waals surface area contributed by atoms with Crippen LogP contribution < -0.4 is 5.32 Å². The van der Waals surface area contributed by atoms with E-state index in [-0.39, 0.29) is 5.82 Å². The SMILES string of the molecule is CC1CC(C#N)(Nc2ccccc2F)CN1C1CC1. The smallest absolute Gasteiger partial charge is 0.146 e. The molecule has 4 heteroatoms. The van der Waals surface area contributed by atoms with Gasteiger partial charge in [0.1, 0.15) is 11.4 Å². The summed E-state index contributed by atoms with van der Waals surface area (Å²) >= 11 is 0. The molecular formula is C15H18FN3. The lowest BCUT2D eigenvalue weighted by Crippen LogP contribution is -2.40. The van der Waals surface area contributed by atoms with Crippen LogP contribution in [0.3, 0.4) is 0 Å². The minimum atomic E-state index is -0.662. The van der Waals surface area contributed by atoms with Crippen LogP contribution in [0.25, 0.3) is 0 Å². The molecule has 1 aliphatic carbocycles. The highest BCUT2D eigenvalue weighted by Gasteiger charge is 2.47. The molecule has 3 nitrogen and oxygen atoms in total. The van der Waals surface area contributed by atoms with E-state index in [1.165, 1.54) is 18.9 Å². The summed E-state index contributed by atoms with van der Waals surface area (Å²) in [5.41, 5.74) is -0.238. The van der Waals surface area contributed by atoms with E-state index in [2.05, 4.69) is 23.2 Å². The van der Waals surface area contributed by atoms with Crippen LogP contribution in [0.5, 0.6) is 0 Å². The number of hydrogen-bond donors (Lipinski definition) is 1. The van der Waals surface area contributed by atoms with E-state index >= 15 is 0 Å². The van der Waals surface area contributed by atoms with Crippen molar-refractivity contribution >= 4 is 5.69 Å². The van der Waals surface area contributed by atoms with Gasteiger partial charge in [-0.1, -0.05) is 12.1 Å². The summed E-state index contributed by atoms with van der Waals surface area (Å²) in [6.07, 6.45) is 3.20. The van der Waals surface area contributed by atoms with Crippen LogP contribution >= 0.6 is 0 Å². The Morgan fingerprint density at radius 1 is 1.42 bits per heavy atom. The number of rotatable bonds is 3. The molecule has 1 N–H and O–H groups in total. The van der Waals surface area contributed by atoms with Gasteiger partial charge >= 0.3 is 0 Å². The van der Waals surface area contributed by atoms with Crippen LogP contribution in [-0.2, 0) is 0 Å². The number of para-hydroxylation sites is 1. The number of nitrogens with one attached hydrogen (secondary N) is 1. The fourth-order valence-corrected chi connectivity index (χ4v) is 3.07. The third-order valence-corrected chi connectivity index (χ3v) is 4.14. The molecule has 0 bridgehead atoms. The number of benzene rings is 1. The third kappa shape index (κ3) is 2.31. The molecule has 2 fully saturated rings. The lowest BCUT2D eigenvalue weighted by Gasteiger charge is -2.25. The van der Waals surface area contributed by atoms with Gasteiger partial charge in [0.2, 0.25) is 0 Å². The molecule has 0 spiro atoms. The van der Waals surface area contributed by atoms with Crippen LogP contribution in [0.4, 0.5) is 10.1 Å². The Bertz CT molecular complexity index is 520. The van der Waals surface area contributed by atoms with Gasteiger partial charge in [0.25, 0.3) is 0 Å². The standard InChI is InChI=1S/C15H18FN3/c1-11-8-15(9-17,10-19(11)12-6-7-12)18-14-5-3-2-4-13(14)16/h2-5,11-12,18H,6-8,10H2,1H3. The number of hydrogen-bond acceptors (Lipinski definition) is 3. The van der Waals surface area contributed by atoms with Gasteiger partial charge in [-0.3, -0.25) is 4.90 Å². The maximum absolute atomic E-state index is 13.7. The van der Waals surface area contributed by atoms with Gasteiger partial charge in [-0.15, -0.1) is 0 Å². The quantitative estimate of drug-likeness (QED) is 0.907. The van der Waals surface area contributed by atoms with E-state index in [0.717, 1.165) is 6.42 Å². The van der Waals surface area contributed by atoms with Crippen molar-refractivity contribution in [3.8, 4) is 6.07 Å². The van der Waals surface area contributed by atoms with Crippen molar-refractivity contribution in [2.24, 2.45) is 0 Å². The molecule has 3 rings (SSSR count). The average Bonchev–Trinajstić information content (AvgIpc) is 3.18. The fourth-order valence-electron chi connectivity index (χ4n) is 3.07. The monoisotopic (exact) mass is 259 g/mol. The molecule has 1 aliphatic heterocycles. The van der Waals surface area contributed by atoms with Gasteiger partial charge in [-0.05, 0) is 31.9 Å². The van der Waals surface area contributed by atoms with Crippen molar-refractivity contribution in [1.82, 2.24) is 4.90 Å². The Morgan fingerprint density at radius 3 is 2.79 bits per heavy atom. The topological polar surface area (TPSA) is 39.1 Å². The van der Waals surface area contributed by atoms with Crippen LogP contribution in [0.1, 0.15) is 26.2 Å². The molecule has 2 aliphatic rings. The Balaban J connectivity index is 1.81. The average molecular weight is 259 g/mol. The van der Waals surface area contributed by atoms with Crippen molar-refractivity contribution in [2.45, 2.75) is 43.8 Å². The first-order valence-electron chi connectivity index (χ1n) is 6.83. The van der Waals surface area contributed by atoms with Crippen LogP contribution in [0, 0.1) is 17.1 Å². The van der Waals surface area contributed by atoms with E-state index in [0.29, 0.717) is 24.3 Å². The Hall–Kier alpha value is -1.60. The molecule has 19 heavy (non-hydrogen) atoms. The first kappa shape index (κ1) is 12.4. The lowest BCUT2D eigenvalue weighted by atomic mass is 9.97. The molecule has 2 unspecified atom stereocenters. The lowest BCUT2D eigenvalue weighted by molar-refractivity contribution is 0.255. The molecule has 0 aromatic heterocycles. The molecule has 100 valence electrons. The molecule has 1 heterocycles. The van der Waals surface area contributed by atoms with E-state index in [1.54, 1.807) is 18.2 Å². The predicted molar refractivity (Wildman–Crippen MR) is 72.2 cm³/mol. The third-order valence-electron chi connectivity index (χ3n) is 4.14. The van der Waals surface area contributed by atoms with Gasteiger partial charge in [-0.2, -0.15) is 5.26 Å². The second kappa shape index (κ2) is 4.50. The zero-order valence-corrected chi connectivity index (χ0v) is 11.1. The summed E-state index contributed by atoms with van der Waals surface area (Å²) in [5.74, 6) is -0.297. The molecular weight excluding hydrogens is 241 g/mol. The van der Waals surface area contributed by atoms with Gasteiger partial charge in [0, 0.05) is 25.0 Å². The summed E-state index contributed by atoms with van der Waals surface area (Å²) in [4.78, 5) is 2.39. The van der Waals surface area contributed by atoms with Crippen molar-refractivity contribution in [3.05, 3.63) is 30.1 Å². The predicted octanol–water partition coefficient (Wildman–Crippen LogP) is 2.76. The van der Waals surface area contributed by atoms with Crippen LogP contribution in [0.2, 0.25) is 0 Å². The van der Waals surface area contributed by atoms with Gasteiger partial charge in [-0.25, -0.2) is 4.39 Å². The van der Waals surface area contributed by atoms with Gasteiger partial charge in [0.15, 0.2) is 0 Å². The normalized spacial score (nSPS) is 31.1. The Labute approximate surface area is 113 Å². The molecule has 1 aromatic carbocycles. The highest BCUT2D eigenvalue weighted by atomic mass is 19.1. The zero-order chi connectivity index (χ0) is 13.5. The highest BCUT2D eigenvalue weighted by molar-refractivity contribution is 5.49.